The molecule has 1 aliphatic rings. The second-order valence-electron chi connectivity index (χ2n) is 4.28. The molecule has 1 heterocycles. The summed E-state index contributed by atoms with van der Waals surface area (Å²) < 4.78 is 11.5. The fourth-order valence-corrected chi connectivity index (χ4v) is 2.64. The first-order valence-electron chi connectivity index (χ1n) is 5.50. The van der Waals surface area contributed by atoms with Gasteiger partial charge in [0.2, 0.25) is 0 Å². The summed E-state index contributed by atoms with van der Waals surface area (Å²) in [5, 5.41) is 8.71. The van der Waals surface area contributed by atoms with E-state index in [-0.39, 0.29) is 5.41 Å². The highest BCUT2D eigenvalue weighted by atomic mass is 79.9. The van der Waals surface area contributed by atoms with Crippen molar-refractivity contribution in [2.75, 3.05) is 20.3 Å². The molecule has 0 unspecified atom stereocenters. The Morgan fingerprint density at radius 1 is 1.53 bits per heavy atom. The Kier molecular flexibility index (Phi) is 3.70. The van der Waals surface area contributed by atoms with Gasteiger partial charge in [0.15, 0.2) is 0 Å². The average Bonchev–Trinajstić information content (AvgIpc) is 2.28. The van der Waals surface area contributed by atoms with Crippen LogP contribution in [-0.4, -0.2) is 20.3 Å². The minimum atomic E-state index is 0.0184. The molecule has 0 N–H and O–H groups in total. The molecule has 0 atom stereocenters. The van der Waals surface area contributed by atoms with Crippen molar-refractivity contribution < 1.29 is 9.47 Å². The van der Waals surface area contributed by atoms with E-state index in [9.17, 15) is 0 Å². The summed E-state index contributed by atoms with van der Waals surface area (Å²) in [6.45, 7) is 1.40. The molecule has 17 heavy (non-hydrogen) atoms. The second-order valence-corrected chi connectivity index (χ2v) is 5.13. The van der Waals surface area contributed by atoms with Crippen molar-refractivity contribution in [2.45, 2.75) is 18.3 Å². The molecule has 90 valence electrons. The lowest BCUT2D eigenvalue weighted by atomic mass is 9.75. The third kappa shape index (κ3) is 2.31. The van der Waals surface area contributed by atoms with Crippen LogP contribution in [0.4, 0.5) is 0 Å². The van der Waals surface area contributed by atoms with E-state index in [2.05, 4.69) is 34.1 Å². The number of nitriles is 1. The Morgan fingerprint density at radius 3 is 2.76 bits per heavy atom. The summed E-state index contributed by atoms with van der Waals surface area (Å²) in [6.07, 6.45) is 1.41. The number of methoxy groups -OCH3 is 1. The first kappa shape index (κ1) is 12.4. The van der Waals surface area contributed by atoms with Gasteiger partial charge in [-0.1, -0.05) is 6.07 Å². The SMILES string of the molecule is COc1ccc(C2(CCC#N)COC2)cc1Br. The van der Waals surface area contributed by atoms with Gasteiger partial charge in [0, 0.05) is 11.8 Å². The maximum atomic E-state index is 8.71. The molecule has 0 radical (unpaired) electrons. The highest BCUT2D eigenvalue weighted by Crippen LogP contribution is 2.39. The van der Waals surface area contributed by atoms with Gasteiger partial charge in [0.25, 0.3) is 0 Å². The van der Waals surface area contributed by atoms with Crippen LogP contribution in [0.2, 0.25) is 0 Å². The zero-order chi connectivity index (χ0) is 12.3. The molecule has 0 bridgehead atoms. The third-order valence-corrected chi connectivity index (χ3v) is 3.86. The first-order valence-corrected chi connectivity index (χ1v) is 6.30. The highest BCUT2D eigenvalue weighted by Gasteiger charge is 2.40. The van der Waals surface area contributed by atoms with E-state index in [1.165, 1.54) is 5.56 Å². The Morgan fingerprint density at radius 2 is 2.29 bits per heavy atom. The molecule has 0 amide bonds. The van der Waals surface area contributed by atoms with Crippen molar-refractivity contribution in [3.05, 3.63) is 28.2 Å². The number of nitrogens with zero attached hydrogens (tertiary/aromatic N) is 1. The molecule has 1 aromatic rings. The van der Waals surface area contributed by atoms with Gasteiger partial charge in [-0.15, -0.1) is 0 Å². The van der Waals surface area contributed by atoms with Gasteiger partial charge in [-0.3, -0.25) is 0 Å². The minimum Gasteiger partial charge on any atom is -0.496 e. The van der Waals surface area contributed by atoms with E-state index >= 15 is 0 Å². The fraction of sp³-hybridized carbons (Fsp3) is 0.462. The molecule has 1 aromatic carbocycles. The number of rotatable bonds is 4. The first-order chi connectivity index (χ1) is 8.22. The molecule has 1 aliphatic heterocycles. The quantitative estimate of drug-likeness (QED) is 0.857. The van der Waals surface area contributed by atoms with Crippen molar-refractivity contribution in [1.82, 2.24) is 0 Å². The number of benzene rings is 1. The van der Waals surface area contributed by atoms with Crippen molar-refractivity contribution in [3.63, 3.8) is 0 Å². The predicted octanol–water partition coefficient (Wildman–Crippen LogP) is 3.03. The van der Waals surface area contributed by atoms with Gasteiger partial charge >= 0.3 is 0 Å². The maximum absolute atomic E-state index is 8.71. The molecule has 0 aliphatic carbocycles. The molecule has 0 saturated carbocycles. The zero-order valence-corrected chi connectivity index (χ0v) is 11.3. The summed E-state index contributed by atoms with van der Waals surface area (Å²) in [5.74, 6) is 0.824. The molecule has 2 rings (SSSR count). The number of halogens is 1. The van der Waals surface area contributed by atoms with Gasteiger partial charge in [0.05, 0.1) is 30.9 Å². The minimum absolute atomic E-state index is 0.0184. The molecular formula is C13H14BrNO2. The Bertz CT molecular complexity index is 449. The molecule has 0 spiro atoms. The van der Waals surface area contributed by atoms with Gasteiger partial charge in [-0.05, 0) is 40.0 Å². The topological polar surface area (TPSA) is 42.2 Å². The van der Waals surface area contributed by atoms with Crippen LogP contribution in [0, 0.1) is 11.3 Å². The van der Waals surface area contributed by atoms with Crippen molar-refractivity contribution >= 4 is 15.9 Å². The van der Waals surface area contributed by atoms with Crippen LogP contribution < -0.4 is 4.74 Å². The van der Waals surface area contributed by atoms with E-state index in [0.29, 0.717) is 19.6 Å². The summed E-state index contributed by atoms with van der Waals surface area (Å²) in [7, 11) is 1.65. The smallest absolute Gasteiger partial charge is 0.133 e. The molecular weight excluding hydrogens is 282 g/mol. The molecule has 1 saturated heterocycles. The molecule has 1 fully saturated rings. The fourth-order valence-electron chi connectivity index (χ4n) is 2.10. The number of ether oxygens (including phenoxy) is 2. The lowest BCUT2D eigenvalue weighted by molar-refractivity contribution is -0.0637. The number of hydrogen-bond acceptors (Lipinski definition) is 3. The number of hydrogen-bond donors (Lipinski definition) is 0. The van der Waals surface area contributed by atoms with Crippen molar-refractivity contribution in [2.24, 2.45) is 0 Å². The van der Waals surface area contributed by atoms with E-state index < -0.39 is 0 Å². The van der Waals surface area contributed by atoms with Gasteiger partial charge in [-0.25, -0.2) is 0 Å². The monoisotopic (exact) mass is 295 g/mol. The van der Waals surface area contributed by atoms with Crippen LogP contribution in [0.1, 0.15) is 18.4 Å². The predicted molar refractivity (Wildman–Crippen MR) is 68.0 cm³/mol. The second kappa shape index (κ2) is 5.07. The summed E-state index contributed by atoms with van der Waals surface area (Å²) in [6, 6.07) is 8.28. The van der Waals surface area contributed by atoms with E-state index in [1.54, 1.807) is 7.11 Å². The lowest BCUT2D eigenvalue weighted by Gasteiger charge is -2.41. The summed E-state index contributed by atoms with van der Waals surface area (Å²) >= 11 is 3.49. The molecule has 3 nitrogen and oxygen atoms in total. The Labute approximate surface area is 109 Å². The van der Waals surface area contributed by atoms with E-state index in [1.807, 2.05) is 6.07 Å². The lowest BCUT2D eigenvalue weighted by Crippen LogP contribution is -2.46. The van der Waals surface area contributed by atoms with Crippen LogP contribution in [0.3, 0.4) is 0 Å². The Balaban J connectivity index is 2.26. The van der Waals surface area contributed by atoms with Crippen LogP contribution in [-0.2, 0) is 10.2 Å². The average molecular weight is 296 g/mol. The standard InChI is InChI=1S/C13H14BrNO2/c1-16-12-4-3-10(7-11(12)14)13(5-2-6-15)8-17-9-13/h3-4,7H,2,5,8-9H2,1H3. The van der Waals surface area contributed by atoms with Crippen LogP contribution in [0.5, 0.6) is 5.75 Å². The molecule has 0 aromatic heterocycles. The highest BCUT2D eigenvalue weighted by molar-refractivity contribution is 9.10. The summed E-state index contributed by atoms with van der Waals surface area (Å²) in [5.41, 5.74) is 1.23. The molecule has 4 heteroatoms. The summed E-state index contributed by atoms with van der Waals surface area (Å²) in [4.78, 5) is 0. The van der Waals surface area contributed by atoms with Gasteiger partial charge in [0.1, 0.15) is 5.75 Å². The van der Waals surface area contributed by atoms with Crippen LogP contribution >= 0.6 is 15.9 Å². The van der Waals surface area contributed by atoms with Crippen LogP contribution in [0.15, 0.2) is 22.7 Å². The van der Waals surface area contributed by atoms with Gasteiger partial charge < -0.3 is 9.47 Å². The van der Waals surface area contributed by atoms with E-state index in [4.69, 9.17) is 14.7 Å². The van der Waals surface area contributed by atoms with Crippen molar-refractivity contribution in [3.8, 4) is 11.8 Å². The van der Waals surface area contributed by atoms with Crippen molar-refractivity contribution in [1.29, 1.82) is 5.26 Å². The van der Waals surface area contributed by atoms with Crippen LogP contribution in [0.25, 0.3) is 0 Å². The maximum Gasteiger partial charge on any atom is 0.133 e. The normalized spacial score (nSPS) is 17.0. The third-order valence-electron chi connectivity index (χ3n) is 3.24. The Hall–Kier alpha value is -1.05. The van der Waals surface area contributed by atoms with Gasteiger partial charge in [-0.2, -0.15) is 5.26 Å². The largest absolute Gasteiger partial charge is 0.496 e. The van der Waals surface area contributed by atoms with E-state index in [0.717, 1.165) is 16.6 Å². The zero-order valence-electron chi connectivity index (χ0n) is 9.70.